The van der Waals surface area contributed by atoms with Gasteiger partial charge < -0.3 is 10.0 Å². The zero-order chi connectivity index (χ0) is 19.0. The molecule has 0 saturated carbocycles. The summed E-state index contributed by atoms with van der Waals surface area (Å²) in [6.45, 7) is 5.46. The molecule has 0 aliphatic carbocycles. The predicted molar refractivity (Wildman–Crippen MR) is 92.8 cm³/mol. The molecule has 1 aliphatic rings. The number of carbonyl (C=O) groups is 2. The smallest absolute Gasteiger partial charge is 0.329 e. The molecule has 0 aromatic heterocycles. The van der Waals surface area contributed by atoms with E-state index < -0.39 is 27.4 Å². The number of nitrogens with zero attached hydrogens (tertiary/aromatic N) is 2. The van der Waals surface area contributed by atoms with Crippen molar-refractivity contribution in [3.8, 4) is 0 Å². The summed E-state index contributed by atoms with van der Waals surface area (Å²) in [6.07, 6.45) is 1.03. The first-order valence-corrected chi connectivity index (χ1v) is 9.59. The molecule has 1 unspecified atom stereocenters. The number of carbonyl (C=O) groups excluding carboxylic acids is 1. The van der Waals surface area contributed by atoms with Crippen LogP contribution in [0.15, 0.2) is 29.2 Å². The number of benzene rings is 1. The second-order valence-electron chi connectivity index (χ2n) is 6.78. The zero-order valence-corrected chi connectivity index (χ0v) is 15.7. The number of rotatable bonds is 5. The molecule has 1 saturated heterocycles. The minimum absolute atomic E-state index is 0.0997. The van der Waals surface area contributed by atoms with Crippen LogP contribution in [-0.4, -0.2) is 59.8 Å². The molecule has 8 heteroatoms. The molecule has 0 spiro atoms. The Balaban J connectivity index is 2.29. The molecule has 25 heavy (non-hydrogen) atoms. The van der Waals surface area contributed by atoms with Gasteiger partial charge >= 0.3 is 5.97 Å². The maximum absolute atomic E-state index is 12.7. The van der Waals surface area contributed by atoms with Crippen LogP contribution in [0.4, 0.5) is 0 Å². The van der Waals surface area contributed by atoms with E-state index >= 15 is 0 Å². The van der Waals surface area contributed by atoms with Crippen molar-refractivity contribution in [3.63, 3.8) is 0 Å². The van der Waals surface area contributed by atoms with Crippen molar-refractivity contribution in [2.75, 3.05) is 13.6 Å². The fraction of sp³-hybridized carbons (Fsp3) is 0.529. The Bertz CT molecular complexity index is 773. The van der Waals surface area contributed by atoms with Crippen molar-refractivity contribution in [2.45, 2.75) is 50.1 Å². The lowest BCUT2D eigenvalue weighted by atomic mass is 9.98. The largest absolute Gasteiger partial charge is 0.480 e. The van der Waals surface area contributed by atoms with Gasteiger partial charge in [-0.25, -0.2) is 13.2 Å². The zero-order valence-electron chi connectivity index (χ0n) is 14.9. The maximum Gasteiger partial charge on any atom is 0.329 e. The van der Waals surface area contributed by atoms with Gasteiger partial charge in [0.2, 0.25) is 10.0 Å². The molecule has 0 radical (unpaired) electrons. The third-order valence-electron chi connectivity index (χ3n) is 4.85. The summed E-state index contributed by atoms with van der Waals surface area (Å²) < 4.78 is 26.2. The molecule has 1 aliphatic heterocycles. The van der Waals surface area contributed by atoms with Gasteiger partial charge in [0.05, 0.1) is 4.90 Å². The Morgan fingerprint density at radius 3 is 2.28 bits per heavy atom. The van der Waals surface area contributed by atoms with E-state index in [1.807, 2.05) is 0 Å². The molecule has 1 atom stereocenters. The highest BCUT2D eigenvalue weighted by Gasteiger charge is 2.46. The fourth-order valence-electron chi connectivity index (χ4n) is 2.88. The standard InChI is InChI=1S/C17H24N2O5S/c1-12(2)18(4)25(23,24)14-8-6-13(7-9-14)15(20)19-11-5-10-17(19,3)16(21)22/h6-9,12H,5,10-11H2,1-4H3,(H,21,22). The fourth-order valence-corrected chi connectivity index (χ4v) is 4.25. The molecule has 1 fully saturated rings. The SMILES string of the molecule is CC(C)N(C)S(=O)(=O)c1ccc(C(=O)N2CCCC2(C)C(=O)O)cc1. The molecule has 138 valence electrons. The van der Waals surface area contributed by atoms with E-state index in [2.05, 4.69) is 0 Å². The molecule has 1 aromatic carbocycles. The number of likely N-dealkylation sites (tertiary alicyclic amines) is 1. The number of hydrogen-bond acceptors (Lipinski definition) is 4. The molecule has 7 nitrogen and oxygen atoms in total. The van der Waals surface area contributed by atoms with E-state index in [0.717, 1.165) is 0 Å². The van der Waals surface area contributed by atoms with Gasteiger partial charge in [0.25, 0.3) is 5.91 Å². The Labute approximate surface area is 148 Å². The van der Waals surface area contributed by atoms with Gasteiger partial charge in [-0.15, -0.1) is 0 Å². The van der Waals surface area contributed by atoms with Crippen molar-refractivity contribution >= 4 is 21.9 Å². The quantitative estimate of drug-likeness (QED) is 0.855. The lowest BCUT2D eigenvalue weighted by Crippen LogP contribution is -2.50. The van der Waals surface area contributed by atoms with Crippen LogP contribution in [0.25, 0.3) is 0 Å². The number of carboxylic acids is 1. The van der Waals surface area contributed by atoms with Crippen molar-refractivity contribution in [1.82, 2.24) is 9.21 Å². The Kier molecular flexibility index (Phi) is 5.24. The van der Waals surface area contributed by atoms with Gasteiger partial charge in [-0.1, -0.05) is 0 Å². The van der Waals surface area contributed by atoms with Crippen LogP contribution >= 0.6 is 0 Å². The normalized spacial score (nSPS) is 21.1. The molecular weight excluding hydrogens is 344 g/mol. The topological polar surface area (TPSA) is 95.0 Å². The van der Waals surface area contributed by atoms with Crippen molar-refractivity contribution in [2.24, 2.45) is 0 Å². The van der Waals surface area contributed by atoms with Crippen LogP contribution in [-0.2, 0) is 14.8 Å². The van der Waals surface area contributed by atoms with Gasteiger partial charge in [-0.2, -0.15) is 4.31 Å². The highest BCUT2D eigenvalue weighted by atomic mass is 32.2. The average Bonchev–Trinajstić information content (AvgIpc) is 2.96. The average molecular weight is 368 g/mol. The predicted octanol–water partition coefficient (Wildman–Crippen LogP) is 1.79. The summed E-state index contributed by atoms with van der Waals surface area (Å²) in [7, 11) is -2.12. The van der Waals surface area contributed by atoms with Gasteiger partial charge in [0.1, 0.15) is 5.54 Å². The monoisotopic (exact) mass is 368 g/mol. The van der Waals surface area contributed by atoms with Gasteiger partial charge in [-0.05, 0) is 57.9 Å². The van der Waals surface area contributed by atoms with Gasteiger partial charge in [-0.3, -0.25) is 4.79 Å². The summed E-state index contributed by atoms with van der Waals surface area (Å²) in [4.78, 5) is 25.6. The van der Waals surface area contributed by atoms with Crippen LogP contribution in [0.5, 0.6) is 0 Å². The summed E-state index contributed by atoms with van der Waals surface area (Å²) in [5, 5.41) is 9.42. The Morgan fingerprint density at radius 1 is 1.24 bits per heavy atom. The molecule has 1 aromatic rings. The van der Waals surface area contributed by atoms with Gasteiger partial charge in [0.15, 0.2) is 0 Å². The number of sulfonamides is 1. The lowest BCUT2D eigenvalue weighted by molar-refractivity contribution is -0.147. The number of hydrogen-bond donors (Lipinski definition) is 1. The van der Waals surface area contributed by atoms with E-state index in [1.165, 1.54) is 47.4 Å². The summed E-state index contributed by atoms with van der Waals surface area (Å²) in [5.74, 6) is -1.43. The van der Waals surface area contributed by atoms with Crippen LogP contribution in [0, 0.1) is 0 Å². The first-order chi connectivity index (χ1) is 11.5. The number of carboxylic acid groups (broad SMARTS) is 1. The maximum atomic E-state index is 12.7. The van der Waals surface area contributed by atoms with Gasteiger partial charge in [0, 0.05) is 25.2 Å². The molecule has 1 heterocycles. The van der Waals surface area contributed by atoms with Crippen molar-refractivity contribution < 1.29 is 23.1 Å². The first kappa shape index (κ1) is 19.4. The highest BCUT2D eigenvalue weighted by molar-refractivity contribution is 7.89. The minimum atomic E-state index is -3.62. The van der Waals surface area contributed by atoms with Crippen LogP contribution in [0.1, 0.15) is 44.0 Å². The number of aliphatic carboxylic acids is 1. The minimum Gasteiger partial charge on any atom is -0.480 e. The number of amides is 1. The summed E-state index contributed by atoms with van der Waals surface area (Å²) in [5.41, 5.74) is -0.944. The lowest BCUT2D eigenvalue weighted by Gasteiger charge is -2.31. The summed E-state index contributed by atoms with van der Waals surface area (Å²) in [6, 6.07) is 5.45. The Hall–Kier alpha value is -1.93. The first-order valence-electron chi connectivity index (χ1n) is 8.15. The van der Waals surface area contributed by atoms with E-state index in [0.29, 0.717) is 19.4 Å². The van der Waals surface area contributed by atoms with E-state index in [9.17, 15) is 23.1 Å². The molecule has 2 rings (SSSR count). The molecular formula is C17H24N2O5S. The van der Waals surface area contributed by atoms with Crippen molar-refractivity contribution in [1.29, 1.82) is 0 Å². The molecule has 0 bridgehead atoms. The van der Waals surface area contributed by atoms with E-state index in [1.54, 1.807) is 13.8 Å². The van der Waals surface area contributed by atoms with Crippen LogP contribution in [0.3, 0.4) is 0 Å². The third kappa shape index (κ3) is 3.41. The van der Waals surface area contributed by atoms with Crippen LogP contribution in [0.2, 0.25) is 0 Å². The molecule has 1 amide bonds. The summed E-state index contributed by atoms with van der Waals surface area (Å²) >= 11 is 0. The van der Waals surface area contributed by atoms with Crippen molar-refractivity contribution in [3.05, 3.63) is 29.8 Å². The Morgan fingerprint density at radius 2 is 1.80 bits per heavy atom. The van der Waals surface area contributed by atoms with E-state index in [4.69, 9.17) is 0 Å². The third-order valence-corrected chi connectivity index (χ3v) is 6.90. The second kappa shape index (κ2) is 6.76. The molecule has 1 N–H and O–H groups in total. The van der Waals surface area contributed by atoms with E-state index in [-0.39, 0.29) is 16.5 Å². The highest BCUT2D eigenvalue weighted by Crippen LogP contribution is 2.31. The van der Waals surface area contributed by atoms with Crippen LogP contribution < -0.4 is 0 Å². The second-order valence-corrected chi connectivity index (χ2v) is 8.78.